The van der Waals surface area contributed by atoms with Gasteiger partial charge in [-0.05, 0) is 36.6 Å². The number of aliphatic hydroxyl groups is 1. The summed E-state index contributed by atoms with van der Waals surface area (Å²) in [6.45, 7) is 2.42. The molecule has 0 aliphatic heterocycles. The summed E-state index contributed by atoms with van der Waals surface area (Å²) in [5.41, 5.74) is 3.65. The van der Waals surface area contributed by atoms with Crippen LogP contribution >= 0.6 is 15.9 Å². The standard InChI is InChI=1S/C17H17BrO2/c1-11(19)15-7-6-14(18)9-17(15)20-10-13-8-12-4-2-3-5-16(12)13/h2-7,9,11,13,19H,8,10H2,1H3/t11-,13?/m0/s1. The molecule has 0 saturated carbocycles. The van der Waals surface area contributed by atoms with Crippen molar-refractivity contribution in [2.45, 2.75) is 25.4 Å². The van der Waals surface area contributed by atoms with Crippen LogP contribution in [0.5, 0.6) is 5.75 Å². The minimum Gasteiger partial charge on any atom is -0.493 e. The van der Waals surface area contributed by atoms with Crippen molar-refractivity contribution in [1.29, 1.82) is 0 Å². The molecule has 104 valence electrons. The van der Waals surface area contributed by atoms with E-state index in [2.05, 4.69) is 40.2 Å². The second kappa shape index (κ2) is 5.58. The maximum Gasteiger partial charge on any atom is 0.126 e. The number of aliphatic hydroxyl groups excluding tert-OH is 1. The van der Waals surface area contributed by atoms with Gasteiger partial charge in [0, 0.05) is 16.0 Å². The molecule has 1 aliphatic carbocycles. The Morgan fingerprint density at radius 3 is 2.85 bits per heavy atom. The van der Waals surface area contributed by atoms with Crippen molar-refractivity contribution < 1.29 is 9.84 Å². The predicted octanol–water partition coefficient (Wildman–Crippen LogP) is 4.22. The molecule has 3 heteroatoms. The molecular weight excluding hydrogens is 316 g/mol. The summed E-state index contributed by atoms with van der Waals surface area (Å²) < 4.78 is 6.91. The summed E-state index contributed by atoms with van der Waals surface area (Å²) in [7, 11) is 0. The van der Waals surface area contributed by atoms with Crippen molar-refractivity contribution in [2.75, 3.05) is 6.61 Å². The number of fused-ring (bicyclic) bond motifs is 1. The second-order valence-corrected chi connectivity index (χ2v) is 6.18. The zero-order chi connectivity index (χ0) is 14.1. The van der Waals surface area contributed by atoms with Gasteiger partial charge in [-0.1, -0.05) is 46.3 Å². The topological polar surface area (TPSA) is 29.5 Å². The van der Waals surface area contributed by atoms with E-state index in [1.165, 1.54) is 11.1 Å². The molecular formula is C17H17BrO2. The Bertz CT molecular complexity index is 622. The van der Waals surface area contributed by atoms with E-state index in [1.54, 1.807) is 6.92 Å². The van der Waals surface area contributed by atoms with Gasteiger partial charge in [-0.25, -0.2) is 0 Å². The number of hydrogen-bond donors (Lipinski definition) is 1. The van der Waals surface area contributed by atoms with Crippen LogP contribution in [0.15, 0.2) is 46.9 Å². The summed E-state index contributed by atoms with van der Waals surface area (Å²) in [6, 6.07) is 14.2. The van der Waals surface area contributed by atoms with Crippen molar-refractivity contribution in [2.24, 2.45) is 0 Å². The Labute approximate surface area is 127 Å². The van der Waals surface area contributed by atoms with E-state index in [4.69, 9.17) is 4.74 Å². The molecule has 0 bridgehead atoms. The fraction of sp³-hybridized carbons (Fsp3) is 0.294. The monoisotopic (exact) mass is 332 g/mol. The van der Waals surface area contributed by atoms with Gasteiger partial charge in [-0.2, -0.15) is 0 Å². The minimum absolute atomic E-state index is 0.465. The van der Waals surface area contributed by atoms with Gasteiger partial charge in [-0.3, -0.25) is 0 Å². The molecule has 1 unspecified atom stereocenters. The number of rotatable bonds is 4. The van der Waals surface area contributed by atoms with E-state index in [0.29, 0.717) is 12.5 Å². The average Bonchev–Trinajstić information content (AvgIpc) is 2.39. The van der Waals surface area contributed by atoms with Crippen LogP contribution in [0, 0.1) is 0 Å². The second-order valence-electron chi connectivity index (χ2n) is 5.27. The first kappa shape index (κ1) is 13.7. The first-order valence-electron chi connectivity index (χ1n) is 6.83. The molecule has 0 saturated heterocycles. The van der Waals surface area contributed by atoms with Crippen LogP contribution in [-0.2, 0) is 6.42 Å². The first-order valence-corrected chi connectivity index (χ1v) is 7.62. The normalized spacial score (nSPS) is 18.1. The molecule has 1 aliphatic rings. The summed E-state index contributed by atoms with van der Waals surface area (Å²) in [5, 5.41) is 9.79. The summed E-state index contributed by atoms with van der Waals surface area (Å²) in [6.07, 6.45) is 0.556. The summed E-state index contributed by atoms with van der Waals surface area (Å²) in [5.74, 6) is 1.23. The highest BCUT2D eigenvalue weighted by atomic mass is 79.9. The van der Waals surface area contributed by atoms with Gasteiger partial charge >= 0.3 is 0 Å². The molecule has 0 radical (unpaired) electrons. The highest BCUT2D eigenvalue weighted by Crippen LogP contribution is 2.36. The number of ether oxygens (including phenoxy) is 1. The van der Waals surface area contributed by atoms with Crippen molar-refractivity contribution in [3.63, 3.8) is 0 Å². The van der Waals surface area contributed by atoms with Crippen LogP contribution in [0.3, 0.4) is 0 Å². The third-order valence-corrected chi connectivity index (χ3v) is 4.32. The molecule has 0 fully saturated rings. The Morgan fingerprint density at radius 2 is 2.10 bits per heavy atom. The SMILES string of the molecule is C[C@H](O)c1ccc(Br)cc1OCC1Cc2ccccc21. The molecule has 0 spiro atoms. The molecule has 3 rings (SSSR count). The van der Waals surface area contributed by atoms with Crippen molar-refractivity contribution in [1.82, 2.24) is 0 Å². The average molecular weight is 333 g/mol. The van der Waals surface area contributed by atoms with E-state index >= 15 is 0 Å². The molecule has 0 aromatic heterocycles. The molecule has 2 aromatic rings. The van der Waals surface area contributed by atoms with Gasteiger partial charge in [0.1, 0.15) is 5.75 Å². The Balaban J connectivity index is 1.72. The molecule has 2 nitrogen and oxygen atoms in total. The van der Waals surface area contributed by atoms with Gasteiger partial charge in [0.2, 0.25) is 0 Å². The van der Waals surface area contributed by atoms with Crippen LogP contribution in [-0.4, -0.2) is 11.7 Å². The first-order chi connectivity index (χ1) is 9.65. The lowest BCUT2D eigenvalue weighted by atomic mass is 9.78. The number of hydrogen-bond acceptors (Lipinski definition) is 2. The van der Waals surface area contributed by atoms with Crippen molar-refractivity contribution in [3.05, 3.63) is 63.6 Å². The highest BCUT2D eigenvalue weighted by Gasteiger charge is 2.26. The van der Waals surface area contributed by atoms with E-state index in [9.17, 15) is 5.11 Å². The number of halogens is 1. The fourth-order valence-corrected chi connectivity index (χ4v) is 3.02. The Hall–Kier alpha value is -1.32. The van der Waals surface area contributed by atoms with Gasteiger partial charge in [-0.15, -0.1) is 0 Å². The van der Waals surface area contributed by atoms with E-state index in [1.807, 2.05) is 18.2 Å². The maximum absolute atomic E-state index is 9.79. The lowest BCUT2D eigenvalue weighted by Gasteiger charge is -2.30. The third-order valence-electron chi connectivity index (χ3n) is 3.83. The molecule has 20 heavy (non-hydrogen) atoms. The molecule has 0 amide bonds. The summed E-state index contributed by atoms with van der Waals surface area (Å²) in [4.78, 5) is 0. The van der Waals surface area contributed by atoms with Crippen molar-refractivity contribution in [3.8, 4) is 5.75 Å². The van der Waals surface area contributed by atoms with Gasteiger partial charge in [0.25, 0.3) is 0 Å². The van der Waals surface area contributed by atoms with Gasteiger partial charge in [0.05, 0.1) is 12.7 Å². The van der Waals surface area contributed by atoms with Crippen LogP contribution in [0.25, 0.3) is 0 Å². The Kier molecular flexibility index (Phi) is 3.81. The van der Waals surface area contributed by atoms with Crippen LogP contribution < -0.4 is 4.74 Å². The van der Waals surface area contributed by atoms with Crippen molar-refractivity contribution >= 4 is 15.9 Å². The van der Waals surface area contributed by atoms with Crippen LogP contribution in [0.1, 0.15) is 35.6 Å². The highest BCUT2D eigenvalue weighted by molar-refractivity contribution is 9.10. The molecule has 2 aromatic carbocycles. The largest absolute Gasteiger partial charge is 0.493 e. The smallest absolute Gasteiger partial charge is 0.126 e. The van der Waals surface area contributed by atoms with Crippen LogP contribution in [0.4, 0.5) is 0 Å². The summed E-state index contributed by atoms with van der Waals surface area (Å²) >= 11 is 3.45. The van der Waals surface area contributed by atoms with E-state index in [0.717, 1.165) is 22.2 Å². The van der Waals surface area contributed by atoms with E-state index < -0.39 is 6.10 Å². The maximum atomic E-state index is 9.79. The number of benzene rings is 2. The molecule has 1 N–H and O–H groups in total. The zero-order valence-electron chi connectivity index (χ0n) is 11.3. The minimum atomic E-state index is -0.522. The fourth-order valence-electron chi connectivity index (χ4n) is 2.68. The van der Waals surface area contributed by atoms with Gasteiger partial charge < -0.3 is 9.84 Å². The quantitative estimate of drug-likeness (QED) is 0.908. The predicted molar refractivity (Wildman–Crippen MR) is 83.2 cm³/mol. The molecule has 2 atom stereocenters. The lowest BCUT2D eigenvalue weighted by Crippen LogP contribution is -2.23. The lowest BCUT2D eigenvalue weighted by molar-refractivity contribution is 0.188. The zero-order valence-corrected chi connectivity index (χ0v) is 12.9. The van der Waals surface area contributed by atoms with E-state index in [-0.39, 0.29) is 0 Å². The van der Waals surface area contributed by atoms with Crippen LogP contribution in [0.2, 0.25) is 0 Å². The third kappa shape index (κ3) is 2.60. The van der Waals surface area contributed by atoms with Gasteiger partial charge in [0.15, 0.2) is 0 Å². The Morgan fingerprint density at radius 1 is 1.30 bits per heavy atom. The molecule has 0 heterocycles.